The van der Waals surface area contributed by atoms with Crippen molar-refractivity contribution >= 4 is 0 Å². The van der Waals surface area contributed by atoms with Gasteiger partial charge in [0.15, 0.2) is 0 Å². The van der Waals surface area contributed by atoms with E-state index in [1.54, 1.807) is 0 Å². The van der Waals surface area contributed by atoms with Crippen molar-refractivity contribution in [2.75, 3.05) is 0 Å². The van der Waals surface area contributed by atoms with Crippen LogP contribution in [0.1, 0.15) is 30.9 Å². The molecule has 0 saturated heterocycles. The standard InChI is InChI=1S/C16H17N3/c1-11(2)8-13-4-6-14(7-5-13)15-9-12(3)18-16(10-17)19-15/h4-7,9,11H,8H2,1-3H3. The van der Waals surface area contributed by atoms with Crippen LogP contribution in [0.3, 0.4) is 0 Å². The van der Waals surface area contributed by atoms with Crippen LogP contribution < -0.4 is 0 Å². The van der Waals surface area contributed by atoms with Crippen LogP contribution in [0.2, 0.25) is 0 Å². The van der Waals surface area contributed by atoms with E-state index in [0.29, 0.717) is 5.92 Å². The third kappa shape index (κ3) is 3.38. The fourth-order valence-electron chi connectivity index (χ4n) is 2.05. The van der Waals surface area contributed by atoms with E-state index in [4.69, 9.17) is 5.26 Å². The SMILES string of the molecule is Cc1cc(-c2ccc(CC(C)C)cc2)nc(C#N)n1. The van der Waals surface area contributed by atoms with E-state index in [9.17, 15) is 0 Å². The van der Waals surface area contributed by atoms with Gasteiger partial charge >= 0.3 is 0 Å². The zero-order valence-electron chi connectivity index (χ0n) is 11.5. The average Bonchev–Trinajstić information content (AvgIpc) is 2.38. The van der Waals surface area contributed by atoms with Crippen molar-refractivity contribution in [1.29, 1.82) is 5.26 Å². The highest BCUT2D eigenvalue weighted by atomic mass is 14.9. The number of aryl methyl sites for hydroxylation is 1. The quantitative estimate of drug-likeness (QED) is 0.838. The van der Waals surface area contributed by atoms with Crippen LogP contribution >= 0.6 is 0 Å². The van der Waals surface area contributed by atoms with Gasteiger partial charge in [0.25, 0.3) is 0 Å². The van der Waals surface area contributed by atoms with Crippen molar-refractivity contribution in [3.63, 3.8) is 0 Å². The Balaban J connectivity index is 2.32. The van der Waals surface area contributed by atoms with Crippen LogP contribution in [0.25, 0.3) is 11.3 Å². The molecule has 0 bridgehead atoms. The van der Waals surface area contributed by atoms with E-state index >= 15 is 0 Å². The molecule has 0 aliphatic rings. The van der Waals surface area contributed by atoms with Crippen LogP contribution in [0.15, 0.2) is 30.3 Å². The van der Waals surface area contributed by atoms with E-state index in [-0.39, 0.29) is 5.82 Å². The van der Waals surface area contributed by atoms with Crippen LogP contribution in [0.5, 0.6) is 0 Å². The number of nitriles is 1. The average molecular weight is 251 g/mol. The van der Waals surface area contributed by atoms with Crippen molar-refractivity contribution < 1.29 is 0 Å². The second kappa shape index (κ2) is 5.62. The molecule has 3 heteroatoms. The molecule has 3 nitrogen and oxygen atoms in total. The fraction of sp³-hybridized carbons (Fsp3) is 0.312. The minimum Gasteiger partial charge on any atom is -0.224 e. The Morgan fingerprint density at radius 3 is 2.42 bits per heavy atom. The Kier molecular flexibility index (Phi) is 3.91. The molecule has 0 aliphatic carbocycles. The number of benzene rings is 1. The molecule has 1 aromatic carbocycles. The summed E-state index contributed by atoms with van der Waals surface area (Å²) in [6.45, 7) is 6.29. The number of rotatable bonds is 3. The summed E-state index contributed by atoms with van der Waals surface area (Å²) >= 11 is 0. The molecule has 0 saturated carbocycles. The lowest BCUT2D eigenvalue weighted by Crippen LogP contribution is -1.96. The highest BCUT2D eigenvalue weighted by Gasteiger charge is 2.05. The van der Waals surface area contributed by atoms with Crippen LogP contribution in [0, 0.1) is 24.2 Å². The molecule has 0 atom stereocenters. The Hall–Kier alpha value is -2.21. The molecule has 0 N–H and O–H groups in total. The van der Waals surface area contributed by atoms with E-state index in [0.717, 1.165) is 23.4 Å². The summed E-state index contributed by atoms with van der Waals surface area (Å²) in [5.74, 6) is 0.874. The van der Waals surface area contributed by atoms with Crippen molar-refractivity contribution in [3.05, 3.63) is 47.4 Å². The third-order valence-electron chi connectivity index (χ3n) is 2.85. The molecule has 1 aromatic heterocycles. The minimum absolute atomic E-state index is 0.223. The molecular formula is C16H17N3. The molecular weight excluding hydrogens is 234 g/mol. The van der Waals surface area contributed by atoms with Gasteiger partial charge in [0, 0.05) is 11.3 Å². The Morgan fingerprint density at radius 2 is 1.84 bits per heavy atom. The van der Waals surface area contributed by atoms with Crippen molar-refractivity contribution in [3.8, 4) is 17.3 Å². The maximum atomic E-state index is 8.90. The summed E-state index contributed by atoms with van der Waals surface area (Å²) in [5, 5.41) is 8.90. The van der Waals surface area contributed by atoms with Gasteiger partial charge in [0.1, 0.15) is 6.07 Å². The maximum absolute atomic E-state index is 8.90. The van der Waals surface area contributed by atoms with Gasteiger partial charge in [-0.05, 0) is 30.9 Å². The van der Waals surface area contributed by atoms with Gasteiger partial charge < -0.3 is 0 Å². The number of hydrogen-bond acceptors (Lipinski definition) is 3. The number of nitrogens with zero attached hydrogens (tertiary/aromatic N) is 3. The molecule has 0 aliphatic heterocycles. The second-order valence-electron chi connectivity index (χ2n) is 5.12. The van der Waals surface area contributed by atoms with Gasteiger partial charge in [0.2, 0.25) is 5.82 Å². The summed E-state index contributed by atoms with van der Waals surface area (Å²) in [4.78, 5) is 8.30. The fourth-order valence-corrected chi connectivity index (χ4v) is 2.05. The summed E-state index contributed by atoms with van der Waals surface area (Å²) in [5.41, 5.74) is 3.97. The Labute approximate surface area is 114 Å². The lowest BCUT2D eigenvalue weighted by atomic mass is 10.0. The largest absolute Gasteiger partial charge is 0.232 e. The first-order chi connectivity index (χ1) is 9.08. The number of aromatic nitrogens is 2. The lowest BCUT2D eigenvalue weighted by molar-refractivity contribution is 0.647. The molecule has 0 radical (unpaired) electrons. The highest BCUT2D eigenvalue weighted by molar-refractivity contribution is 5.60. The number of hydrogen-bond donors (Lipinski definition) is 0. The predicted molar refractivity (Wildman–Crippen MR) is 75.5 cm³/mol. The summed E-state index contributed by atoms with van der Waals surface area (Å²) in [6.07, 6.45) is 1.08. The third-order valence-corrected chi connectivity index (χ3v) is 2.85. The first-order valence-electron chi connectivity index (χ1n) is 6.43. The van der Waals surface area contributed by atoms with Crippen molar-refractivity contribution in [1.82, 2.24) is 9.97 Å². The topological polar surface area (TPSA) is 49.6 Å². The summed E-state index contributed by atoms with van der Waals surface area (Å²) < 4.78 is 0. The van der Waals surface area contributed by atoms with Crippen molar-refractivity contribution in [2.45, 2.75) is 27.2 Å². The monoisotopic (exact) mass is 251 g/mol. The molecule has 2 aromatic rings. The zero-order valence-corrected chi connectivity index (χ0v) is 11.5. The van der Waals surface area contributed by atoms with Gasteiger partial charge in [-0.2, -0.15) is 5.26 Å². The van der Waals surface area contributed by atoms with Crippen LogP contribution in [-0.2, 0) is 6.42 Å². The predicted octanol–water partition coefficient (Wildman–Crippen LogP) is 3.52. The molecule has 0 amide bonds. The molecule has 1 heterocycles. The van der Waals surface area contributed by atoms with Gasteiger partial charge in [-0.25, -0.2) is 9.97 Å². The minimum atomic E-state index is 0.223. The van der Waals surface area contributed by atoms with E-state index in [1.165, 1.54) is 5.56 Å². The van der Waals surface area contributed by atoms with Crippen molar-refractivity contribution in [2.24, 2.45) is 5.92 Å². The second-order valence-corrected chi connectivity index (χ2v) is 5.12. The van der Waals surface area contributed by atoms with Crippen LogP contribution in [0.4, 0.5) is 0 Å². The maximum Gasteiger partial charge on any atom is 0.232 e. The summed E-state index contributed by atoms with van der Waals surface area (Å²) in [6, 6.07) is 12.3. The molecule has 0 fully saturated rings. The van der Waals surface area contributed by atoms with E-state index in [2.05, 4.69) is 48.1 Å². The molecule has 19 heavy (non-hydrogen) atoms. The smallest absolute Gasteiger partial charge is 0.224 e. The summed E-state index contributed by atoms with van der Waals surface area (Å²) in [7, 11) is 0. The van der Waals surface area contributed by atoms with Gasteiger partial charge in [0.05, 0.1) is 5.69 Å². The Bertz CT molecular complexity index is 607. The molecule has 96 valence electrons. The molecule has 2 rings (SSSR count). The van der Waals surface area contributed by atoms with Gasteiger partial charge in [-0.15, -0.1) is 0 Å². The van der Waals surface area contributed by atoms with E-state index in [1.807, 2.05) is 19.1 Å². The Morgan fingerprint density at radius 1 is 1.16 bits per heavy atom. The highest BCUT2D eigenvalue weighted by Crippen LogP contribution is 2.19. The van der Waals surface area contributed by atoms with E-state index < -0.39 is 0 Å². The zero-order chi connectivity index (χ0) is 13.8. The van der Waals surface area contributed by atoms with Gasteiger partial charge in [-0.3, -0.25) is 0 Å². The first kappa shape index (κ1) is 13.2. The normalized spacial score (nSPS) is 10.5. The van der Waals surface area contributed by atoms with Gasteiger partial charge in [-0.1, -0.05) is 38.1 Å². The van der Waals surface area contributed by atoms with Crippen LogP contribution in [-0.4, -0.2) is 9.97 Å². The molecule has 0 unspecified atom stereocenters. The lowest BCUT2D eigenvalue weighted by Gasteiger charge is -2.07. The first-order valence-corrected chi connectivity index (χ1v) is 6.43. The molecule has 0 spiro atoms.